The topological polar surface area (TPSA) is 3.24 Å². The zero-order valence-electron chi connectivity index (χ0n) is 35.2. The number of para-hydroxylation sites is 1. The summed E-state index contributed by atoms with van der Waals surface area (Å²) >= 11 is 0. The number of fused-ring (bicyclic) bond motifs is 9. The van der Waals surface area contributed by atoms with Crippen LogP contribution >= 0.6 is 0 Å². The summed E-state index contributed by atoms with van der Waals surface area (Å²) in [5, 5.41) is 5.04. The van der Waals surface area contributed by atoms with Crippen molar-refractivity contribution in [2.24, 2.45) is 0 Å². The maximum atomic E-state index is 2.49. The third kappa shape index (κ3) is 5.28. The molecule has 294 valence electrons. The summed E-state index contributed by atoms with van der Waals surface area (Å²) in [5.41, 5.74) is 19.9. The Kier molecular flexibility index (Phi) is 8.08. The summed E-state index contributed by atoms with van der Waals surface area (Å²) in [7, 11) is 0. The van der Waals surface area contributed by atoms with E-state index >= 15 is 0 Å². The second kappa shape index (κ2) is 13.8. The summed E-state index contributed by atoms with van der Waals surface area (Å²) < 4.78 is 0. The molecule has 0 N–H and O–H groups in total. The van der Waals surface area contributed by atoms with Gasteiger partial charge in [-0.1, -0.05) is 202 Å². The average molecular weight is 792 g/mol. The zero-order chi connectivity index (χ0) is 41.6. The molecule has 0 amide bonds. The van der Waals surface area contributed by atoms with Crippen LogP contribution in [0, 0.1) is 0 Å². The Morgan fingerprint density at radius 1 is 0.339 bits per heavy atom. The standard InChI is InChI=1S/C61H45N/c1-60(2)55-28-12-9-22-51(55)54-27-15-24-46(59(54)60)41-31-34-43(35-32-41)62(44-36-38-52-50-21-10-13-29-56(50)61(3,57(52)39-44)42-18-5-4-6-19-42)58-30-14-11-23-53(58)48-26-16-25-47-45-20-8-7-17-40(45)33-37-49(47)48/h4-39H,1-3H3. The van der Waals surface area contributed by atoms with Crippen LogP contribution in [0.5, 0.6) is 0 Å². The van der Waals surface area contributed by atoms with Gasteiger partial charge in [0.1, 0.15) is 0 Å². The van der Waals surface area contributed by atoms with Crippen molar-refractivity contribution in [3.05, 3.63) is 246 Å². The number of anilines is 3. The van der Waals surface area contributed by atoms with E-state index in [1.807, 2.05) is 0 Å². The Hall–Kier alpha value is -7.48. The molecular weight excluding hydrogens is 747 g/mol. The van der Waals surface area contributed by atoms with Crippen molar-refractivity contribution in [1.82, 2.24) is 0 Å². The molecular formula is C61H45N. The van der Waals surface area contributed by atoms with Crippen LogP contribution in [-0.4, -0.2) is 0 Å². The predicted molar refractivity (Wildman–Crippen MR) is 262 cm³/mol. The lowest BCUT2D eigenvalue weighted by Gasteiger charge is -2.32. The van der Waals surface area contributed by atoms with Crippen LogP contribution in [0.3, 0.4) is 0 Å². The molecule has 0 radical (unpaired) electrons. The summed E-state index contributed by atoms with van der Waals surface area (Å²) in [6.45, 7) is 7.15. The molecule has 0 spiro atoms. The molecule has 0 bridgehead atoms. The summed E-state index contributed by atoms with van der Waals surface area (Å²) in [5.74, 6) is 0. The van der Waals surface area contributed by atoms with Crippen LogP contribution in [0.2, 0.25) is 0 Å². The van der Waals surface area contributed by atoms with Crippen molar-refractivity contribution in [2.45, 2.75) is 31.6 Å². The lowest BCUT2D eigenvalue weighted by atomic mass is 9.74. The lowest BCUT2D eigenvalue weighted by Crippen LogP contribution is -2.22. The Morgan fingerprint density at radius 3 is 1.74 bits per heavy atom. The van der Waals surface area contributed by atoms with Crippen molar-refractivity contribution in [3.63, 3.8) is 0 Å². The lowest BCUT2D eigenvalue weighted by molar-refractivity contribution is 0.662. The van der Waals surface area contributed by atoms with Gasteiger partial charge >= 0.3 is 0 Å². The van der Waals surface area contributed by atoms with Gasteiger partial charge in [0.25, 0.3) is 0 Å². The third-order valence-electron chi connectivity index (χ3n) is 14.1. The van der Waals surface area contributed by atoms with Gasteiger partial charge in [-0.3, -0.25) is 0 Å². The fourth-order valence-electron chi connectivity index (χ4n) is 11.2. The van der Waals surface area contributed by atoms with Gasteiger partial charge < -0.3 is 4.90 Å². The van der Waals surface area contributed by atoms with Gasteiger partial charge in [0.2, 0.25) is 0 Å². The highest BCUT2D eigenvalue weighted by Crippen LogP contribution is 2.55. The van der Waals surface area contributed by atoms with Crippen molar-refractivity contribution < 1.29 is 0 Å². The smallest absolute Gasteiger partial charge is 0.0540 e. The maximum absolute atomic E-state index is 2.49. The largest absolute Gasteiger partial charge is 0.310 e. The van der Waals surface area contributed by atoms with E-state index < -0.39 is 0 Å². The first-order chi connectivity index (χ1) is 30.4. The highest BCUT2D eigenvalue weighted by molar-refractivity contribution is 6.13. The van der Waals surface area contributed by atoms with Gasteiger partial charge in [-0.05, 0) is 126 Å². The highest BCUT2D eigenvalue weighted by Gasteiger charge is 2.41. The maximum Gasteiger partial charge on any atom is 0.0540 e. The van der Waals surface area contributed by atoms with Crippen LogP contribution in [0.1, 0.15) is 48.6 Å². The molecule has 1 unspecified atom stereocenters. The number of hydrogen-bond acceptors (Lipinski definition) is 1. The van der Waals surface area contributed by atoms with Crippen LogP contribution in [0.25, 0.3) is 66.1 Å². The van der Waals surface area contributed by atoms with Gasteiger partial charge in [-0.2, -0.15) is 0 Å². The van der Waals surface area contributed by atoms with E-state index in [1.165, 1.54) is 93.9 Å². The zero-order valence-corrected chi connectivity index (χ0v) is 35.2. The highest BCUT2D eigenvalue weighted by atomic mass is 15.1. The minimum Gasteiger partial charge on any atom is -0.310 e. The van der Waals surface area contributed by atoms with E-state index in [0.717, 1.165) is 17.1 Å². The van der Waals surface area contributed by atoms with Gasteiger partial charge in [0.15, 0.2) is 0 Å². The van der Waals surface area contributed by atoms with E-state index in [4.69, 9.17) is 0 Å². The molecule has 0 heterocycles. The molecule has 2 aliphatic carbocycles. The molecule has 12 rings (SSSR count). The second-order valence-electron chi connectivity index (χ2n) is 17.8. The molecule has 0 saturated carbocycles. The molecule has 0 aliphatic heterocycles. The molecule has 1 nitrogen and oxygen atoms in total. The first-order valence-corrected chi connectivity index (χ1v) is 21.8. The molecule has 10 aromatic rings. The van der Waals surface area contributed by atoms with E-state index in [2.05, 4.69) is 244 Å². The second-order valence-corrected chi connectivity index (χ2v) is 17.8. The van der Waals surface area contributed by atoms with Gasteiger partial charge in [-0.15, -0.1) is 0 Å². The molecule has 0 aromatic heterocycles. The van der Waals surface area contributed by atoms with Crippen LogP contribution < -0.4 is 4.90 Å². The molecule has 1 atom stereocenters. The quantitative estimate of drug-likeness (QED) is 0.152. The van der Waals surface area contributed by atoms with Gasteiger partial charge in [0, 0.05) is 27.8 Å². The molecule has 1 heteroatoms. The van der Waals surface area contributed by atoms with Gasteiger partial charge in [-0.25, -0.2) is 0 Å². The summed E-state index contributed by atoms with van der Waals surface area (Å²) in [6.07, 6.45) is 0. The number of rotatable bonds is 6. The molecule has 62 heavy (non-hydrogen) atoms. The summed E-state index contributed by atoms with van der Waals surface area (Å²) in [4.78, 5) is 2.49. The van der Waals surface area contributed by atoms with Crippen molar-refractivity contribution in [1.29, 1.82) is 0 Å². The van der Waals surface area contributed by atoms with Crippen molar-refractivity contribution >= 4 is 38.6 Å². The van der Waals surface area contributed by atoms with Crippen LogP contribution in [-0.2, 0) is 10.8 Å². The molecule has 0 fully saturated rings. The fraction of sp³-hybridized carbons (Fsp3) is 0.0820. The number of hydrogen-bond donors (Lipinski definition) is 0. The molecule has 2 aliphatic rings. The number of benzene rings is 10. The van der Waals surface area contributed by atoms with Crippen molar-refractivity contribution in [3.8, 4) is 44.5 Å². The number of nitrogens with zero attached hydrogens (tertiary/aromatic N) is 1. The minimum atomic E-state index is -0.326. The third-order valence-corrected chi connectivity index (χ3v) is 14.1. The van der Waals surface area contributed by atoms with E-state index in [0.29, 0.717) is 0 Å². The van der Waals surface area contributed by atoms with E-state index in [1.54, 1.807) is 0 Å². The Bertz CT molecular complexity index is 3390. The van der Waals surface area contributed by atoms with Gasteiger partial charge in [0.05, 0.1) is 5.69 Å². The van der Waals surface area contributed by atoms with Crippen LogP contribution in [0.15, 0.2) is 218 Å². The average Bonchev–Trinajstić information content (AvgIpc) is 3.73. The first kappa shape index (κ1) is 36.4. The van der Waals surface area contributed by atoms with E-state index in [-0.39, 0.29) is 10.8 Å². The summed E-state index contributed by atoms with van der Waals surface area (Å²) in [6, 6.07) is 81.3. The molecule has 0 saturated heterocycles. The Labute approximate surface area is 364 Å². The molecule has 10 aromatic carbocycles. The predicted octanol–water partition coefficient (Wildman–Crippen LogP) is 16.4. The fourth-order valence-corrected chi connectivity index (χ4v) is 11.2. The SMILES string of the molecule is CC1(C)c2ccccc2-c2cccc(-c3ccc(N(c4ccc5c(c4)C(C)(c4ccccc4)c4ccccc4-5)c4ccccc4-c4cccc5c4ccc4ccccc45)cc3)c21. The minimum absolute atomic E-state index is 0.108. The Balaban J connectivity index is 1.07. The van der Waals surface area contributed by atoms with Crippen LogP contribution in [0.4, 0.5) is 17.1 Å². The van der Waals surface area contributed by atoms with Crippen molar-refractivity contribution in [2.75, 3.05) is 4.90 Å². The first-order valence-electron chi connectivity index (χ1n) is 21.8. The van der Waals surface area contributed by atoms with E-state index in [9.17, 15) is 0 Å². The normalized spacial score (nSPS) is 15.5. The monoisotopic (exact) mass is 791 g/mol. The Morgan fingerprint density at radius 2 is 0.919 bits per heavy atom.